The minimum absolute atomic E-state index is 0.935. The topological polar surface area (TPSA) is 3.24 Å². The molecule has 0 fully saturated rings. The Morgan fingerprint density at radius 3 is 2.17 bits per heavy atom. The van der Waals surface area contributed by atoms with Gasteiger partial charge in [0.25, 0.3) is 0 Å². The first-order chi connectivity index (χ1) is 14.5. The number of allylic oxidation sites excluding steroid dienone is 4. The van der Waals surface area contributed by atoms with Gasteiger partial charge in [0.1, 0.15) is 0 Å². The van der Waals surface area contributed by atoms with Gasteiger partial charge in [-0.3, -0.25) is 0 Å². The third-order valence-corrected chi connectivity index (χ3v) is 5.76. The van der Waals surface area contributed by atoms with Gasteiger partial charge in [-0.15, -0.1) is 35.8 Å². The maximum absolute atomic E-state index is 5.90. The van der Waals surface area contributed by atoms with Crippen LogP contribution in [0.15, 0.2) is 92.4 Å². The first kappa shape index (κ1) is 28.1. The van der Waals surface area contributed by atoms with Gasteiger partial charge >= 0.3 is 0 Å². The van der Waals surface area contributed by atoms with Crippen molar-refractivity contribution in [1.29, 1.82) is 0 Å². The molecule has 0 radical (unpaired) electrons. The number of hydrogen-bond acceptors (Lipinski definition) is 3. The van der Waals surface area contributed by atoms with Crippen LogP contribution in [-0.4, -0.2) is 18.5 Å². The highest BCUT2D eigenvalue weighted by Crippen LogP contribution is 2.30. The van der Waals surface area contributed by atoms with Gasteiger partial charge in [-0.25, -0.2) is 0 Å². The summed E-state index contributed by atoms with van der Waals surface area (Å²) in [4.78, 5) is 3.78. The minimum atomic E-state index is 0.935. The highest BCUT2D eigenvalue weighted by Gasteiger charge is 2.15. The summed E-state index contributed by atoms with van der Waals surface area (Å²) >= 11 is 9.40. The Hall–Kier alpha value is -1.91. The molecule has 0 aliphatic carbocycles. The third-order valence-electron chi connectivity index (χ3n) is 3.57. The first-order valence-corrected chi connectivity index (χ1v) is 11.8. The maximum atomic E-state index is 5.90. The zero-order valence-corrected chi connectivity index (χ0v) is 20.8. The van der Waals surface area contributed by atoms with E-state index in [1.807, 2.05) is 13.8 Å². The van der Waals surface area contributed by atoms with Crippen LogP contribution in [0.25, 0.3) is 10.1 Å². The van der Waals surface area contributed by atoms with Gasteiger partial charge in [-0.1, -0.05) is 67.3 Å². The third kappa shape index (κ3) is 11.9. The molecular formula is C26H34ClNS2. The van der Waals surface area contributed by atoms with Crippen molar-refractivity contribution in [1.82, 2.24) is 4.90 Å². The average molecular weight is 460 g/mol. The Morgan fingerprint density at radius 2 is 1.60 bits per heavy atom. The summed E-state index contributed by atoms with van der Waals surface area (Å²) in [6.07, 6.45) is 7.94. The van der Waals surface area contributed by atoms with Crippen molar-refractivity contribution in [2.45, 2.75) is 26.8 Å². The van der Waals surface area contributed by atoms with Crippen molar-refractivity contribution in [2.24, 2.45) is 0 Å². The van der Waals surface area contributed by atoms with Gasteiger partial charge in [0.05, 0.1) is 4.34 Å². The molecule has 0 amide bonds. The SMILES string of the molecule is C=CC.C=CC.C=CC=C.CN1CCc2cc(Cl)sc2C1.c1ccc2sccc2c1. The highest BCUT2D eigenvalue weighted by molar-refractivity contribution is 7.17. The Labute approximate surface area is 196 Å². The lowest BCUT2D eigenvalue weighted by atomic mass is 10.1. The van der Waals surface area contributed by atoms with E-state index in [0.29, 0.717) is 0 Å². The maximum Gasteiger partial charge on any atom is 0.0934 e. The molecule has 2 aromatic heterocycles. The van der Waals surface area contributed by atoms with Gasteiger partial charge in [-0.05, 0) is 61.8 Å². The second kappa shape index (κ2) is 17.9. The van der Waals surface area contributed by atoms with E-state index in [-0.39, 0.29) is 0 Å². The molecule has 0 atom stereocenters. The Kier molecular flexibility index (Phi) is 16.8. The number of nitrogens with zero attached hydrogens (tertiary/aromatic N) is 1. The molecule has 3 heterocycles. The summed E-state index contributed by atoms with van der Waals surface area (Å²) in [5, 5.41) is 3.47. The molecule has 0 unspecified atom stereocenters. The molecule has 162 valence electrons. The van der Waals surface area contributed by atoms with Crippen molar-refractivity contribution in [3.63, 3.8) is 0 Å². The molecule has 30 heavy (non-hydrogen) atoms. The number of thiophene rings is 2. The molecule has 1 aliphatic heterocycles. The van der Waals surface area contributed by atoms with E-state index in [4.69, 9.17) is 11.6 Å². The first-order valence-electron chi connectivity index (χ1n) is 9.72. The van der Waals surface area contributed by atoms with Crippen molar-refractivity contribution < 1.29 is 0 Å². The summed E-state index contributed by atoms with van der Waals surface area (Å²) in [7, 11) is 2.15. The van der Waals surface area contributed by atoms with Crippen LogP contribution in [0.5, 0.6) is 0 Å². The highest BCUT2D eigenvalue weighted by atomic mass is 35.5. The van der Waals surface area contributed by atoms with Gasteiger partial charge in [-0.2, -0.15) is 0 Å². The van der Waals surface area contributed by atoms with Crippen molar-refractivity contribution in [3.05, 3.63) is 107 Å². The zero-order chi connectivity index (χ0) is 22.8. The number of benzene rings is 1. The van der Waals surface area contributed by atoms with Crippen LogP contribution in [0.4, 0.5) is 0 Å². The smallest absolute Gasteiger partial charge is 0.0934 e. The largest absolute Gasteiger partial charge is 0.301 e. The molecule has 0 bridgehead atoms. The molecule has 0 N–H and O–H groups in total. The number of rotatable bonds is 1. The lowest BCUT2D eigenvalue weighted by molar-refractivity contribution is 0.317. The van der Waals surface area contributed by atoms with E-state index in [1.54, 1.807) is 47.0 Å². The molecule has 1 aliphatic rings. The van der Waals surface area contributed by atoms with E-state index >= 15 is 0 Å². The van der Waals surface area contributed by atoms with Crippen molar-refractivity contribution in [2.75, 3.05) is 13.6 Å². The molecule has 0 spiro atoms. The molecule has 3 aromatic rings. The lowest BCUT2D eigenvalue weighted by Crippen LogP contribution is -2.24. The van der Waals surface area contributed by atoms with Crippen LogP contribution in [0.3, 0.4) is 0 Å². The summed E-state index contributed by atoms with van der Waals surface area (Å²) in [5.74, 6) is 0. The fourth-order valence-electron chi connectivity index (χ4n) is 2.32. The van der Waals surface area contributed by atoms with Crippen molar-refractivity contribution in [3.8, 4) is 0 Å². The number of fused-ring (bicyclic) bond motifs is 2. The monoisotopic (exact) mass is 459 g/mol. The van der Waals surface area contributed by atoms with Crippen LogP contribution in [0, 0.1) is 0 Å². The van der Waals surface area contributed by atoms with Crippen LogP contribution < -0.4 is 0 Å². The minimum Gasteiger partial charge on any atom is -0.301 e. The van der Waals surface area contributed by atoms with Crippen LogP contribution in [0.2, 0.25) is 4.34 Å². The van der Waals surface area contributed by atoms with E-state index in [2.05, 4.69) is 80.0 Å². The zero-order valence-electron chi connectivity index (χ0n) is 18.4. The van der Waals surface area contributed by atoms with Crippen LogP contribution in [-0.2, 0) is 13.0 Å². The summed E-state index contributed by atoms with van der Waals surface area (Å²) in [6, 6.07) is 12.6. The van der Waals surface area contributed by atoms with E-state index < -0.39 is 0 Å². The summed E-state index contributed by atoms with van der Waals surface area (Å²) in [5.41, 5.74) is 1.46. The number of likely N-dealkylation sites (N-methyl/N-ethyl adjacent to an activating group) is 1. The molecule has 1 aromatic carbocycles. The molecule has 4 heteroatoms. The summed E-state index contributed by atoms with van der Waals surface area (Å²) in [6.45, 7) is 19.5. The standard InChI is InChI=1S/C8H10ClNS.C8H6S.C4H6.2C3H6/c1-10-3-2-6-4-8(9)11-7(6)5-10;1-2-4-8-7(3-1)5-6-9-8;1-3-4-2;2*1-3-2/h4H,2-3,5H2,1H3;1-6H;3-4H,1-2H2;2*3H,1H2,2H3. The molecule has 0 saturated heterocycles. The normalized spacial score (nSPS) is 11.3. The van der Waals surface area contributed by atoms with E-state index in [9.17, 15) is 0 Å². The fraction of sp³-hybridized carbons (Fsp3) is 0.231. The average Bonchev–Trinajstić information content (AvgIpc) is 3.35. The van der Waals surface area contributed by atoms with Gasteiger partial charge < -0.3 is 4.90 Å². The van der Waals surface area contributed by atoms with Gasteiger partial charge in [0, 0.05) is 22.7 Å². The lowest BCUT2D eigenvalue weighted by Gasteiger charge is -2.21. The number of halogens is 1. The molecule has 4 rings (SSSR count). The van der Waals surface area contributed by atoms with E-state index in [1.165, 1.54) is 27.1 Å². The predicted molar refractivity (Wildman–Crippen MR) is 143 cm³/mol. The molecular weight excluding hydrogens is 426 g/mol. The molecule has 1 nitrogen and oxygen atoms in total. The summed E-state index contributed by atoms with van der Waals surface area (Å²) < 4.78 is 2.31. The van der Waals surface area contributed by atoms with Gasteiger partial charge in [0.2, 0.25) is 0 Å². The predicted octanol–water partition coefficient (Wildman–Crippen LogP) is 9.03. The van der Waals surface area contributed by atoms with Gasteiger partial charge in [0.15, 0.2) is 0 Å². The fourth-order valence-corrected chi connectivity index (χ4v) is 4.53. The van der Waals surface area contributed by atoms with Crippen LogP contribution in [0.1, 0.15) is 24.3 Å². The van der Waals surface area contributed by atoms with Crippen molar-refractivity contribution >= 4 is 44.4 Å². The Bertz CT molecular complexity index is 834. The Morgan fingerprint density at radius 1 is 1.00 bits per heavy atom. The quantitative estimate of drug-likeness (QED) is 0.259. The Balaban J connectivity index is 0.000000398. The molecule has 0 saturated carbocycles. The second-order valence-electron chi connectivity index (χ2n) is 6.23. The second-order valence-corrected chi connectivity index (χ2v) is 8.95. The van der Waals surface area contributed by atoms with Crippen LogP contribution >= 0.6 is 34.3 Å². The number of hydrogen-bond donors (Lipinski definition) is 0. The van der Waals surface area contributed by atoms with E-state index in [0.717, 1.165) is 17.3 Å².